The Balaban J connectivity index is 2.13. The van der Waals surface area contributed by atoms with E-state index in [9.17, 15) is 29.9 Å². The Bertz CT molecular complexity index is 399. The Morgan fingerprint density at radius 3 is 2.12 bits per heavy atom. The molecule has 0 bridgehead atoms. The van der Waals surface area contributed by atoms with Gasteiger partial charge in [-0.3, -0.25) is 0 Å². The molecule has 0 aliphatic carbocycles. The van der Waals surface area contributed by atoms with Crippen molar-refractivity contribution in [3.05, 3.63) is 0 Å². The van der Waals surface area contributed by atoms with Gasteiger partial charge in [0.15, 0.2) is 6.29 Å². The first-order valence-corrected chi connectivity index (χ1v) is 7.42. The fourth-order valence-electron chi connectivity index (χ4n) is 2.70. The van der Waals surface area contributed by atoms with Crippen molar-refractivity contribution in [3.8, 4) is 0 Å². The van der Waals surface area contributed by atoms with Crippen molar-refractivity contribution in [3.63, 3.8) is 0 Å². The minimum absolute atomic E-state index is 0.188. The number of halogens is 1. The van der Waals surface area contributed by atoms with Crippen molar-refractivity contribution >= 4 is 0 Å². The van der Waals surface area contributed by atoms with Crippen LogP contribution >= 0.6 is 0 Å². The van der Waals surface area contributed by atoms with Crippen LogP contribution in [0.5, 0.6) is 0 Å². The Hall–Kier alpha value is -0.470. The molecule has 0 saturated carbocycles. The van der Waals surface area contributed by atoms with Gasteiger partial charge in [-0.25, -0.2) is 4.39 Å². The third-order valence-electron chi connectivity index (χ3n) is 4.10. The second-order valence-corrected chi connectivity index (χ2v) is 5.76. The maximum absolute atomic E-state index is 13.5. The summed E-state index contributed by atoms with van der Waals surface area (Å²) in [5.74, 6) is 0. The molecule has 0 aromatic heterocycles. The number of hydrogen-bond donors (Lipinski definition) is 6. The quantitative estimate of drug-likeness (QED) is 0.288. The van der Waals surface area contributed by atoms with Crippen LogP contribution in [0.4, 0.5) is 4.39 Å². The molecule has 2 aliphatic heterocycles. The highest BCUT2D eigenvalue weighted by molar-refractivity contribution is 4.93. The van der Waals surface area contributed by atoms with E-state index in [1.54, 1.807) is 0 Å². The van der Waals surface area contributed by atoms with E-state index in [0.717, 1.165) is 0 Å². The SMILES string of the molecule is COC[C@H]1O[C@@H](F)[C@H](O)[C@@H](O)[C@@H]1O[C@@H]1O[C@H](CO)[C@@H](O)[C@H](O)[C@H]1O. The monoisotopic (exact) mass is 358 g/mol. The van der Waals surface area contributed by atoms with Crippen LogP contribution in [0.1, 0.15) is 0 Å². The van der Waals surface area contributed by atoms with Crippen LogP contribution in [0, 0.1) is 0 Å². The molecule has 2 saturated heterocycles. The van der Waals surface area contributed by atoms with E-state index >= 15 is 0 Å². The molecular weight excluding hydrogens is 335 g/mol. The third kappa shape index (κ3) is 3.85. The van der Waals surface area contributed by atoms with Gasteiger partial charge in [0.05, 0.1) is 13.2 Å². The fraction of sp³-hybridized carbons (Fsp3) is 1.00. The van der Waals surface area contributed by atoms with E-state index in [1.165, 1.54) is 7.11 Å². The van der Waals surface area contributed by atoms with Gasteiger partial charge in [-0.15, -0.1) is 0 Å². The predicted molar refractivity (Wildman–Crippen MR) is 72.3 cm³/mol. The summed E-state index contributed by atoms with van der Waals surface area (Å²) in [7, 11) is 1.30. The van der Waals surface area contributed by atoms with Crippen molar-refractivity contribution in [2.24, 2.45) is 0 Å². The molecule has 2 heterocycles. The fourth-order valence-corrected chi connectivity index (χ4v) is 2.70. The van der Waals surface area contributed by atoms with Crippen LogP contribution in [0.25, 0.3) is 0 Å². The number of methoxy groups -OCH3 is 1. The van der Waals surface area contributed by atoms with Gasteiger partial charge in [-0.05, 0) is 0 Å². The van der Waals surface area contributed by atoms with Crippen molar-refractivity contribution in [1.82, 2.24) is 0 Å². The standard InChI is InChI=1S/C13H23FO10/c1-21-3-5-11(8(18)9(19)12(14)22-5)24-13-10(20)7(17)6(16)4(2-15)23-13/h4-13,15-20H,2-3H2,1H3/t4-,5-,6-,7+,8-,9-,10-,11-,12-,13+/m1/s1. The molecule has 0 amide bonds. The Morgan fingerprint density at radius 2 is 1.54 bits per heavy atom. The van der Waals surface area contributed by atoms with Gasteiger partial charge in [0, 0.05) is 7.11 Å². The van der Waals surface area contributed by atoms with Crippen LogP contribution in [0.3, 0.4) is 0 Å². The molecule has 24 heavy (non-hydrogen) atoms. The zero-order chi connectivity index (χ0) is 18.0. The molecule has 0 spiro atoms. The number of alkyl halides is 1. The summed E-state index contributed by atoms with van der Waals surface area (Å²) in [4.78, 5) is 0. The minimum atomic E-state index is -2.16. The molecular formula is C13H23FO10. The second kappa shape index (κ2) is 8.27. The summed E-state index contributed by atoms with van der Waals surface area (Å²) in [6, 6.07) is 0. The van der Waals surface area contributed by atoms with Gasteiger partial charge >= 0.3 is 0 Å². The molecule has 0 unspecified atom stereocenters. The van der Waals surface area contributed by atoms with Gasteiger partial charge in [-0.1, -0.05) is 0 Å². The van der Waals surface area contributed by atoms with Crippen molar-refractivity contribution in [1.29, 1.82) is 0 Å². The Kier molecular flexibility index (Phi) is 6.84. The van der Waals surface area contributed by atoms with Crippen molar-refractivity contribution in [2.45, 2.75) is 61.5 Å². The van der Waals surface area contributed by atoms with E-state index in [1.807, 2.05) is 0 Å². The molecule has 6 N–H and O–H groups in total. The smallest absolute Gasteiger partial charge is 0.228 e. The Morgan fingerprint density at radius 1 is 0.875 bits per heavy atom. The summed E-state index contributed by atoms with van der Waals surface area (Å²) < 4.78 is 33.8. The van der Waals surface area contributed by atoms with Crippen LogP contribution in [-0.2, 0) is 18.9 Å². The number of hydrogen-bond acceptors (Lipinski definition) is 10. The van der Waals surface area contributed by atoms with Crippen LogP contribution in [0.15, 0.2) is 0 Å². The lowest BCUT2D eigenvalue weighted by Crippen LogP contribution is -2.64. The minimum Gasteiger partial charge on any atom is -0.394 e. The number of aliphatic hydroxyl groups is 6. The molecule has 2 rings (SSSR count). The van der Waals surface area contributed by atoms with Gasteiger partial charge < -0.3 is 49.6 Å². The highest BCUT2D eigenvalue weighted by atomic mass is 19.1. The summed E-state index contributed by atoms with van der Waals surface area (Å²) in [5, 5.41) is 58.1. The first-order valence-electron chi connectivity index (χ1n) is 7.42. The van der Waals surface area contributed by atoms with Crippen molar-refractivity contribution < 1.29 is 54.0 Å². The van der Waals surface area contributed by atoms with E-state index in [0.29, 0.717) is 0 Å². The lowest BCUT2D eigenvalue weighted by molar-refractivity contribution is -0.349. The molecule has 10 atom stereocenters. The number of rotatable bonds is 5. The molecule has 10 nitrogen and oxygen atoms in total. The van der Waals surface area contributed by atoms with Crippen LogP contribution < -0.4 is 0 Å². The van der Waals surface area contributed by atoms with Gasteiger partial charge in [-0.2, -0.15) is 0 Å². The lowest BCUT2D eigenvalue weighted by atomic mass is 9.97. The Labute approximate surface area is 136 Å². The summed E-state index contributed by atoms with van der Waals surface area (Å²) in [6.45, 7) is -0.850. The average Bonchev–Trinajstić information content (AvgIpc) is 2.56. The van der Waals surface area contributed by atoms with Crippen LogP contribution in [-0.4, -0.2) is 112 Å². The topological polar surface area (TPSA) is 158 Å². The average molecular weight is 358 g/mol. The predicted octanol–water partition coefficient (Wildman–Crippen LogP) is -3.77. The molecule has 2 aliphatic rings. The molecule has 0 aromatic rings. The largest absolute Gasteiger partial charge is 0.394 e. The first kappa shape index (κ1) is 19.8. The highest BCUT2D eigenvalue weighted by Crippen LogP contribution is 2.29. The summed E-state index contributed by atoms with van der Waals surface area (Å²) >= 11 is 0. The first-order chi connectivity index (χ1) is 11.3. The zero-order valence-corrected chi connectivity index (χ0v) is 12.9. The highest BCUT2D eigenvalue weighted by Gasteiger charge is 2.50. The number of aliphatic hydroxyl groups excluding tert-OH is 6. The van der Waals surface area contributed by atoms with E-state index in [-0.39, 0.29) is 6.61 Å². The van der Waals surface area contributed by atoms with Gasteiger partial charge in [0.1, 0.15) is 48.8 Å². The van der Waals surface area contributed by atoms with Crippen molar-refractivity contribution in [2.75, 3.05) is 20.3 Å². The van der Waals surface area contributed by atoms with Gasteiger partial charge in [0.2, 0.25) is 6.36 Å². The second-order valence-electron chi connectivity index (χ2n) is 5.76. The van der Waals surface area contributed by atoms with Crippen LogP contribution in [0.2, 0.25) is 0 Å². The zero-order valence-electron chi connectivity index (χ0n) is 12.9. The van der Waals surface area contributed by atoms with E-state index in [4.69, 9.17) is 24.1 Å². The molecule has 2 fully saturated rings. The summed E-state index contributed by atoms with van der Waals surface area (Å²) in [6.07, 6.45) is -16.0. The maximum Gasteiger partial charge on any atom is 0.228 e. The van der Waals surface area contributed by atoms with E-state index < -0.39 is 68.1 Å². The number of ether oxygens (including phenoxy) is 4. The van der Waals surface area contributed by atoms with E-state index in [2.05, 4.69) is 0 Å². The maximum atomic E-state index is 13.5. The molecule has 11 heteroatoms. The normalized spacial score (nSPS) is 50.0. The van der Waals surface area contributed by atoms with Gasteiger partial charge in [0.25, 0.3) is 0 Å². The molecule has 0 aromatic carbocycles. The lowest BCUT2D eigenvalue weighted by Gasteiger charge is -2.45. The molecule has 0 radical (unpaired) electrons. The third-order valence-corrected chi connectivity index (χ3v) is 4.10. The molecule has 142 valence electrons. The summed E-state index contributed by atoms with van der Waals surface area (Å²) in [5.41, 5.74) is 0.